The molecule has 0 atom stereocenters. The van der Waals surface area contributed by atoms with Crippen molar-refractivity contribution < 1.29 is 27.4 Å². The highest BCUT2D eigenvalue weighted by molar-refractivity contribution is 7.90. The first kappa shape index (κ1) is 21.0. The average molecular weight is 428 g/mol. The summed E-state index contributed by atoms with van der Waals surface area (Å²) in [7, 11) is -2.14. The molecule has 0 aliphatic carbocycles. The van der Waals surface area contributed by atoms with Gasteiger partial charge in [-0.2, -0.15) is 10.4 Å². The molecular formula is C20H15FN3O5S-. The molecule has 30 heavy (non-hydrogen) atoms. The second-order valence-corrected chi connectivity index (χ2v) is 8.34. The Kier molecular flexibility index (Phi) is 5.58. The van der Waals surface area contributed by atoms with Crippen LogP contribution in [-0.4, -0.2) is 37.5 Å². The summed E-state index contributed by atoms with van der Waals surface area (Å²) in [6, 6.07) is 11.3. The zero-order valence-corrected chi connectivity index (χ0v) is 16.7. The molecular weight excluding hydrogens is 413 g/mol. The zero-order chi connectivity index (χ0) is 22.1. The number of hydrogen-bond donors (Lipinski definition) is 0. The van der Waals surface area contributed by atoms with Gasteiger partial charge in [-0.05, 0) is 29.8 Å². The molecule has 0 saturated carbocycles. The lowest BCUT2D eigenvalue weighted by Crippen LogP contribution is -2.26. The van der Waals surface area contributed by atoms with Gasteiger partial charge in [0, 0.05) is 17.4 Å². The fourth-order valence-corrected chi connectivity index (χ4v) is 3.64. The van der Waals surface area contributed by atoms with Gasteiger partial charge in [0.15, 0.2) is 21.4 Å². The normalized spacial score (nSPS) is 11.1. The Hall–Kier alpha value is -3.71. The summed E-state index contributed by atoms with van der Waals surface area (Å²) in [5.74, 6) is -2.34. The van der Waals surface area contributed by atoms with Gasteiger partial charge in [0.05, 0.1) is 29.7 Å². The van der Waals surface area contributed by atoms with Gasteiger partial charge in [-0.3, -0.25) is 0 Å². The first-order valence-electron chi connectivity index (χ1n) is 8.51. The first-order chi connectivity index (χ1) is 14.2. The smallest absolute Gasteiger partial charge is 0.175 e. The minimum absolute atomic E-state index is 0.0303. The maximum Gasteiger partial charge on any atom is 0.175 e. The molecule has 10 heteroatoms. The predicted molar refractivity (Wildman–Crippen MR) is 103 cm³/mol. The Morgan fingerprint density at radius 1 is 1.23 bits per heavy atom. The molecule has 0 unspecified atom stereocenters. The van der Waals surface area contributed by atoms with Crippen molar-refractivity contribution in [1.29, 1.82) is 5.26 Å². The van der Waals surface area contributed by atoms with E-state index < -0.39 is 27.3 Å². The number of ether oxygens (including phenoxy) is 1. The third-order valence-electron chi connectivity index (χ3n) is 4.36. The van der Waals surface area contributed by atoms with Crippen LogP contribution in [-0.2, 0) is 16.4 Å². The van der Waals surface area contributed by atoms with Crippen LogP contribution in [0.5, 0.6) is 5.75 Å². The molecule has 154 valence electrons. The summed E-state index contributed by atoms with van der Waals surface area (Å²) < 4.78 is 43.6. The molecule has 0 amide bonds. The molecule has 8 nitrogen and oxygen atoms in total. The van der Waals surface area contributed by atoms with Gasteiger partial charge in [0.1, 0.15) is 12.2 Å². The molecule has 1 heterocycles. The van der Waals surface area contributed by atoms with E-state index in [4.69, 9.17) is 10.00 Å². The number of rotatable bonds is 6. The van der Waals surface area contributed by atoms with Crippen molar-refractivity contribution >= 4 is 15.8 Å². The van der Waals surface area contributed by atoms with Crippen LogP contribution in [0.25, 0.3) is 22.4 Å². The minimum Gasteiger partial charge on any atom is -0.543 e. The monoisotopic (exact) mass is 428 g/mol. The zero-order valence-electron chi connectivity index (χ0n) is 15.9. The number of carbonyl (C=O) groups is 1. The molecule has 0 radical (unpaired) electrons. The van der Waals surface area contributed by atoms with Crippen molar-refractivity contribution in [3.8, 4) is 34.2 Å². The number of nitriles is 1. The lowest BCUT2D eigenvalue weighted by molar-refractivity contribution is -0.255. The molecule has 0 N–H and O–H groups in total. The number of methoxy groups -OCH3 is 1. The Labute approximate surface area is 171 Å². The van der Waals surface area contributed by atoms with E-state index in [9.17, 15) is 22.7 Å². The van der Waals surface area contributed by atoms with Crippen LogP contribution in [0.4, 0.5) is 4.39 Å². The van der Waals surface area contributed by atoms with Crippen molar-refractivity contribution in [2.24, 2.45) is 0 Å². The van der Waals surface area contributed by atoms with Crippen LogP contribution in [0, 0.1) is 17.1 Å². The van der Waals surface area contributed by atoms with Crippen LogP contribution in [0.3, 0.4) is 0 Å². The Bertz CT molecular complexity index is 1280. The summed E-state index contributed by atoms with van der Waals surface area (Å²) in [6.07, 6.45) is 1.06. The highest BCUT2D eigenvalue weighted by Gasteiger charge is 2.23. The Morgan fingerprint density at radius 2 is 1.87 bits per heavy atom. The van der Waals surface area contributed by atoms with Gasteiger partial charge < -0.3 is 14.6 Å². The topological polar surface area (TPSA) is 125 Å². The van der Waals surface area contributed by atoms with Crippen LogP contribution >= 0.6 is 0 Å². The fourth-order valence-electron chi connectivity index (χ4n) is 3.01. The summed E-state index contributed by atoms with van der Waals surface area (Å²) in [5, 5.41) is 25.1. The number of aromatic nitrogens is 2. The standard InChI is InChI=1S/C20H16FN3O5S/c1-29-16-8-5-13(11-15(16)21)17-18(23-24(10-9-22)19(17)20(25)26)12-3-6-14(7-4-12)30(2,27)28/h3-8,11H,10H2,1-2H3,(H,25,26)/p-1. The molecule has 3 aromatic rings. The van der Waals surface area contributed by atoms with E-state index in [0.29, 0.717) is 5.56 Å². The first-order valence-corrected chi connectivity index (χ1v) is 10.4. The highest BCUT2D eigenvalue weighted by atomic mass is 32.2. The summed E-state index contributed by atoms with van der Waals surface area (Å²) in [5.41, 5.74) is 0.336. The number of carboxylic acid groups (broad SMARTS) is 1. The van der Waals surface area contributed by atoms with Gasteiger partial charge in [-0.15, -0.1) is 0 Å². The minimum atomic E-state index is -3.44. The maximum absolute atomic E-state index is 14.3. The molecule has 0 fully saturated rings. The van der Waals surface area contributed by atoms with Crippen molar-refractivity contribution in [1.82, 2.24) is 9.78 Å². The molecule has 3 rings (SSSR count). The van der Waals surface area contributed by atoms with E-state index >= 15 is 0 Å². The number of benzene rings is 2. The van der Waals surface area contributed by atoms with Crippen molar-refractivity contribution in [2.75, 3.05) is 13.4 Å². The van der Waals surface area contributed by atoms with E-state index in [0.717, 1.165) is 17.0 Å². The van der Waals surface area contributed by atoms with Gasteiger partial charge in [0.25, 0.3) is 0 Å². The van der Waals surface area contributed by atoms with E-state index in [2.05, 4.69) is 5.10 Å². The molecule has 0 saturated heterocycles. The summed E-state index contributed by atoms with van der Waals surface area (Å²) >= 11 is 0. The second-order valence-electron chi connectivity index (χ2n) is 6.32. The van der Waals surface area contributed by atoms with E-state index in [-0.39, 0.29) is 34.0 Å². The largest absolute Gasteiger partial charge is 0.543 e. The van der Waals surface area contributed by atoms with Gasteiger partial charge in [0.2, 0.25) is 0 Å². The highest BCUT2D eigenvalue weighted by Crippen LogP contribution is 2.36. The Balaban J connectivity index is 2.30. The van der Waals surface area contributed by atoms with Gasteiger partial charge in [-0.1, -0.05) is 18.2 Å². The number of hydrogen-bond acceptors (Lipinski definition) is 7. The molecule has 0 spiro atoms. The average Bonchev–Trinajstić information content (AvgIpc) is 3.07. The maximum atomic E-state index is 14.3. The van der Waals surface area contributed by atoms with Crippen molar-refractivity contribution in [2.45, 2.75) is 11.4 Å². The third kappa shape index (κ3) is 3.88. The number of carbonyl (C=O) groups excluding carboxylic acids is 1. The predicted octanol–water partition coefficient (Wildman–Crippen LogP) is 1.66. The second kappa shape index (κ2) is 7.96. The van der Waals surface area contributed by atoms with E-state index in [1.54, 1.807) is 0 Å². The molecule has 0 bridgehead atoms. The van der Waals surface area contributed by atoms with Crippen molar-refractivity contribution in [3.05, 3.63) is 54.0 Å². The quantitative estimate of drug-likeness (QED) is 0.584. The van der Waals surface area contributed by atoms with E-state index in [1.807, 2.05) is 6.07 Å². The number of sulfone groups is 1. The summed E-state index contributed by atoms with van der Waals surface area (Å²) in [6.45, 7) is -0.379. The summed E-state index contributed by atoms with van der Waals surface area (Å²) in [4.78, 5) is 11.9. The molecule has 2 aromatic carbocycles. The van der Waals surface area contributed by atoms with Crippen LogP contribution < -0.4 is 9.84 Å². The number of carboxylic acids is 1. The number of nitrogens with zero attached hydrogens (tertiary/aromatic N) is 3. The van der Waals surface area contributed by atoms with Gasteiger partial charge in [-0.25, -0.2) is 17.5 Å². The lowest BCUT2D eigenvalue weighted by Gasteiger charge is -2.11. The Morgan fingerprint density at radius 3 is 2.37 bits per heavy atom. The van der Waals surface area contributed by atoms with E-state index in [1.165, 1.54) is 43.5 Å². The number of aromatic carboxylic acids is 1. The fraction of sp³-hybridized carbons (Fsp3) is 0.150. The van der Waals surface area contributed by atoms with Crippen molar-refractivity contribution in [3.63, 3.8) is 0 Å². The SMILES string of the molecule is COc1ccc(-c2c(-c3ccc(S(C)(=O)=O)cc3)nn(CC#N)c2C(=O)[O-])cc1F. The lowest BCUT2D eigenvalue weighted by atomic mass is 9.98. The number of halogens is 1. The van der Waals surface area contributed by atoms with Crippen LogP contribution in [0.1, 0.15) is 10.5 Å². The molecule has 1 aromatic heterocycles. The molecule has 0 aliphatic heterocycles. The molecule has 0 aliphatic rings. The van der Waals surface area contributed by atoms with Crippen LogP contribution in [0.2, 0.25) is 0 Å². The van der Waals surface area contributed by atoms with Gasteiger partial charge >= 0.3 is 0 Å². The third-order valence-corrected chi connectivity index (χ3v) is 5.49. The van der Waals surface area contributed by atoms with Crippen LogP contribution in [0.15, 0.2) is 47.4 Å².